The van der Waals surface area contributed by atoms with Crippen LogP contribution >= 0.6 is 0 Å². The van der Waals surface area contributed by atoms with Gasteiger partial charge in [-0.25, -0.2) is 0 Å². The number of hydrogen-bond acceptors (Lipinski definition) is 5. The van der Waals surface area contributed by atoms with E-state index in [-0.39, 0.29) is 17.4 Å². The molecule has 1 saturated heterocycles. The standard InChI is InChI=1S/C12H16N4O4/c13-5-9(12(20)16-7-10(17)18)6-15-11(19)8-1-3-14-4-2-8/h6,8,14H,1-4,7H2,(H,15,19)(H,16,20)(H,17,18)/b9-6-. The van der Waals surface area contributed by atoms with Crippen molar-refractivity contribution in [2.75, 3.05) is 19.6 Å². The molecule has 0 unspecified atom stereocenters. The van der Waals surface area contributed by atoms with Crippen molar-refractivity contribution in [3.05, 3.63) is 11.8 Å². The molecule has 8 nitrogen and oxygen atoms in total. The lowest BCUT2D eigenvalue weighted by Crippen LogP contribution is -2.37. The second-order valence-corrected chi connectivity index (χ2v) is 4.28. The Balaban J connectivity index is 2.52. The number of carboxylic acids is 1. The van der Waals surface area contributed by atoms with E-state index in [2.05, 4.69) is 10.6 Å². The lowest BCUT2D eigenvalue weighted by atomic mass is 9.97. The van der Waals surface area contributed by atoms with Gasteiger partial charge in [0.15, 0.2) is 0 Å². The molecule has 8 heteroatoms. The molecule has 1 fully saturated rings. The third-order valence-corrected chi connectivity index (χ3v) is 2.83. The van der Waals surface area contributed by atoms with Crippen molar-refractivity contribution in [2.45, 2.75) is 12.8 Å². The zero-order chi connectivity index (χ0) is 15.0. The Bertz CT molecular complexity index is 461. The normalized spacial score (nSPS) is 16.1. The highest BCUT2D eigenvalue weighted by molar-refractivity contribution is 5.99. The molecule has 1 heterocycles. The quantitative estimate of drug-likeness (QED) is 0.366. The molecule has 0 aromatic heterocycles. The Hall–Kier alpha value is -2.40. The fraction of sp³-hybridized carbons (Fsp3) is 0.500. The van der Waals surface area contributed by atoms with Crippen molar-refractivity contribution in [3.8, 4) is 6.07 Å². The van der Waals surface area contributed by atoms with Gasteiger partial charge in [0, 0.05) is 12.1 Å². The summed E-state index contributed by atoms with van der Waals surface area (Å²) in [4.78, 5) is 33.5. The van der Waals surface area contributed by atoms with Crippen molar-refractivity contribution < 1.29 is 19.5 Å². The number of aliphatic carboxylic acids is 1. The number of nitrogens with zero attached hydrogens (tertiary/aromatic N) is 1. The van der Waals surface area contributed by atoms with Gasteiger partial charge in [0.1, 0.15) is 18.2 Å². The molecule has 0 bridgehead atoms. The maximum atomic E-state index is 11.8. The summed E-state index contributed by atoms with van der Waals surface area (Å²) in [6, 6.07) is 1.61. The van der Waals surface area contributed by atoms with Gasteiger partial charge >= 0.3 is 5.97 Å². The summed E-state index contributed by atoms with van der Waals surface area (Å²) < 4.78 is 0. The Morgan fingerprint density at radius 2 is 2.00 bits per heavy atom. The highest BCUT2D eigenvalue weighted by Gasteiger charge is 2.20. The van der Waals surface area contributed by atoms with Gasteiger partial charge < -0.3 is 21.1 Å². The first-order valence-corrected chi connectivity index (χ1v) is 6.16. The van der Waals surface area contributed by atoms with Gasteiger partial charge in [-0.2, -0.15) is 5.26 Å². The molecule has 0 atom stereocenters. The molecule has 2 amide bonds. The summed E-state index contributed by atoms with van der Waals surface area (Å²) >= 11 is 0. The van der Waals surface area contributed by atoms with Gasteiger partial charge in [-0.05, 0) is 25.9 Å². The number of rotatable bonds is 5. The number of nitrogens with one attached hydrogen (secondary N) is 3. The zero-order valence-electron chi connectivity index (χ0n) is 10.8. The molecule has 0 aromatic carbocycles. The molecule has 0 radical (unpaired) electrons. The predicted molar refractivity (Wildman–Crippen MR) is 68.1 cm³/mol. The van der Waals surface area contributed by atoms with Crippen molar-refractivity contribution in [1.29, 1.82) is 5.26 Å². The molecule has 1 rings (SSSR count). The Morgan fingerprint density at radius 1 is 1.35 bits per heavy atom. The number of nitriles is 1. The number of amides is 2. The van der Waals surface area contributed by atoms with Gasteiger partial charge in [-0.15, -0.1) is 0 Å². The lowest BCUT2D eigenvalue weighted by molar-refractivity contribution is -0.137. The topological polar surface area (TPSA) is 131 Å². The SMILES string of the molecule is N#C/C(=C/NC(=O)C1CCNCC1)C(=O)NCC(=O)O. The third-order valence-electron chi connectivity index (χ3n) is 2.83. The van der Waals surface area contributed by atoms with Crippen LogP contribution < -0.4 is 16.0 Å². The van der Waals surface area contributed by atoms with Crippen LogP contribution in [0.25, 0.3) is 0 Å². The second kappa shape index (κ2) is 7.91. The molecule has 0 spiro atoms. The molecule has 108 valence electrons. The molecule has 4 N–H and O–H groups in total. The minimum atomic E-state index is -1.21. The highest BCUT2D eigenvalue weighted by atomic mass is 16.4. The fourth-order valence-corrected chi connectivity index (χ4v) is 1.74. The van der Waals surface area contributed by atoms with Crippen LogP contribution in [0.2, 0.25) is 0 Å². The minimum Gasteiger partial charge on any atom is -0.480 e. The van der Waals surface area contributed by atoms with Gasteiger partial charge in [-0.3, -0.25) is 14.4 Å². The molecule has 0 aliphatic carbocycles. The van der Waals surface area contributed by atoms with E-state index in [1.165, 1.54) is 0 Å². The van der Waals surface area contributed by atoms with E-state index in [1.807, 2.05) is 5.32 Å². The Labute approximate surface area is 115 Å². The van der Waals surface area contributed by atoms with E-state index in [9.17, 15) is 14.4 Å². The van der Waals surface area contributed by atoms with Crippen LogP contribution in [-0.4, -0.2) is 42.5 Å². The fourth-order valence-electron chi connectivity index (χ4n) is 1.74. The molecular formula is C12H16N4O4. The summed E-state index contributed by atoms with van der Waals surface area (Å²) in [5, 5.41) is 24.8. The molecular weight excluding hydrogens is 264 g/mol. The second-order valence-electron chi connectivity index (χ2n) is 4.28. The molecule has 20 heavy (non-hydrogen) atoms. The first-order valence-electron chi connectivity index (χ1n) is 6.16. The predicted octanol–water partition coefficient (Wildman–Crippen LogP) is -1.29. The summed E-state index contributed by atoms with van der Waals surface area (Å²) in [5.41, 5.74) is -0.339. The van der Waals surface area contributed by atoms with Gasteiger partial charge in [0.05, 0.1) is 0 Å². The maximum Gasteiger partial charge on any atom is 0.322 e. The van der Waals surface area contributed by atoms with Gasteiger partial charge in [-0.1, -0.05) is 0 Å². The van der Waals surface area contributed by atoms with E-state index < -0.39 is 18.4 Å². The summed E-state index contributed by atoms with van der Waals surface area (Å²) in [6.45, 7) is 0.929. The number of carbonyl (C=O) groups is 3. The van der Waals surface area contributed by atoms with Crippen LogP contribution in [0.5, 0.6) is 0 Å². The zero-order valence-corrected chi connectivity index (χ0v) is 10.8. The van der Waals surface area contributed by atoms with E-state index in [0.29, 0.717) is 12.8 Å². The summed E-state index contributed by atoms with van der Waals surface area (Å²) in [5.74, 6) is -2.44. The molecule has 1 aliphatic heterocycles. The van der Waals surface area contributed by atoms with E-state index >= 15 is 0 Å². The average Bonchev–Trinajstić information content (AvgIpc) is 2.46. The van der Waals surface area contributed by atoms with Crippen LogP contribution in [-0.2, 0) is 14.4 Å². The monoisotopic (exact) mass is 280 g/mol. The van der Waals surface area contributed by atoms with Crippen LogP contribution in [0.15, 0.2) is 11.8 Å². The van der Waals surface area contributed by atoms with Crippen LogP contribution in [0, 0.1) is 17.2 Å². The van der Waals surface area contributed by atoms with Crippen LogP contribution in [0.4, 0.5) is 0 Å². The highest BCUT2D eigenvalue weighted by Crippen LogP contribution is 2.11. The van der Waals surface area contributed by atoms with Crippen LogP contribution in [0.1, 0.15) is 12.8 Å². The first-order chi connectivity index (χ1) is 9.54. The number of carbonyl (C=O) groups excluding carboxylic acids is 2. The van der Waals surface area contributed by atoms with E-state index in [1.54, 1.807) is 6.07 Å². The molecule has 1 aliphatic rings. The number of hydrogen-bond donors (Lipinski definition) is 4. The maximum absolute atomic E-state index is 11.8. The average molecular weight is 280 g/mol. The van der Waals surface area contributed by atoms with E-state index in [4.69, 9.17) is 10.4 Å². The third kappa shape index (κ3) is 5.07. The van der Waals surface area contributed by atoms with E-state index in [0.717, 1.165) is 19.3 Å². The number of piperidine rings is 1. The Morgan fingerprint density at radius 3 is 2.55 bits per heavy atom. The van der Waals surface area contributed by atoms with Crippen molar-refractivity contribution >= 4 is 17.8 Å². The van der Waals surface area contributed by atoms with Crippen molar-refractivity contribution in [3.63, 3.8) is 0 Å². The lowest BCUT2D eigenvalue weighted by Gasteiger charge is -2.20. The van der Waals surface area contributed by atoms with Crippen molar-refractivity contribution in [1.82, 2.24) is 16.0 Å². The summed E-state index contributed by atoms with van der Waals surface area (Å²) in [7, 11) is 0. The van der Waals surface area contributed by atoms with Crippen molar-refractivity contribution in [2.24, 2.45) is 5.92 Å². The van der Waals surface area contributed by atoms with Crippen LogP contribution in [0.3, 0.4) is 0 Å². The minimum absolute atomic E-state index is 0.144. The number of carboxylic acid groups (broad SMARTS) is 1. The smallest absolute Gasteiger partial charge is 0.322 e. The largest absolute Gasteiger partial charge is 0.480 e. The Kier molecular flexibility index (Phi) is 6.19. The molecule has 0 aromatic rings. The van der Waals surface area contributed by atoms with Gasteiger partial charge in [0.25, 0.3) is 5.91 Å². The first kappa shape index (κ1) is 15.7. The molecule has 0 saturated carbocycles. The summed E-state index contributed by atoms with van der Waals surface area (Å²) in [6.07, 6.45) is 2.42. The van der Waals surface area contributed by atoms with Gasteiger partial charge in [0.2, 0.25) is 5.91 Å².